The van der Waals surface area contributed by atoms with Crippen LogP contribution in [-0.4, -0.2) is 51.9 Å². The van der Waals surface area contributed by atoms with Crippen molar-refractivity contribution in [3.8, 4) is 0 Å². The quantitative estimate of drug-likeness (QED) is 0.0758. The van der Waals surface area contributed by atoms with Gasteiger partial charge in [0.1, 0.15) is 40.5 Å². The molecule has 0 spiro atoms. The maximum Gasteiger partial charge on any atom is 1.00 e. The summed E-state index contributed by atoms with van der Waals surface area (Å²) in [5, 5.41) is -2.64. The molecule has 5 rings (SSSR count). The Hall–Kier alpha value is 1.04. The Balaban J connectivity index is 0.00000200. The van der Waals surface area contributed by atoms with Crippen LogP contribution in [0.2, 0.25) is 0 Å². The molecule has 5 aromatic rings. The molecule has 0 unspecified atom stereocenters. The van der Waals surface area contributed by atoms with E-state index in [2.05, 4.69) is 0 Å². The average Bonchev–Trinajstić information content (AvgIpc) is 2.73. The molecule has 0 saturated carbocycles. The van der Waals surface area contributed by atoms with E-state index in [1.54, 1.807) is 0 Å². The summed E-state index contributed by atoms with van der Waals surface area (Å²) in [7, 11) is -21.5. The van der Waals surface area contributed by atoms with Gasteiger partial charge in [0, 0.05) is 21.5 Å². The minimum absolute atomic E-state index is 0. The normalized spacial score (nSPS) is 12.5. The predicted octanol–water partition coefficient (Wildman–Crippen LogP) is -10.6. The van der Waals surface area contributed by atoms with E-state index in [0.29, 0.717) is 12.1 Å². The summed E-state index contributed by atoms with van der Waals surface area (Å²) in [4.78, 5) is -4.22. The van der Waals surface area contributed by atoms with Crippen LogP contribution in [0.4, 0.5) is 0 Å². The van der Waals surface area contributed by atoms with Gasteiger partial charge in [0.05, 0.1) is 19.6 Å². The summed E-state index contributed by atoms with van der Waals surface area (Å²) in [5.41, 5.74) is 0. The summed E-state index contributed by atoms with van der Waals surface area (Å²) >= 11 is 0. The molecule has 0 aliphatic heterocycles. The predicted molar refractivity (Wildman–Crippen MR) is 120 cm³/mol. The molecule has 0 N–H and O–H groups in total. The number of benzene rings is 5. The Morgan fingerprint density at radius 3 is 1.45 bits per heavy atom. The van der Waals surface area contributed by atoms with Crippen molar-refractivity contribution >= 4 is 83.6 Å². The van der Waals surface area contributed by atoms with Crippen molar-refractivity contribution in [1.29, 1.82) is 0 Å². The van der Waals surface area contributed by atoms with Gasteiger partial charge in [0.2, 0.25) is 0 Å². The molecule has 40 heavy (non-hydrogen) atoms. The first-order valence-electron chi connectivity index (χ1n) is 9.45. The van der Waals surface area contributed by atoms with E-state index in [9.17, 15) is 51.9 Å². The summed E-state index contributed by atoms with van der Waals surface area (Å²) in [5.74, 6) is 0. The number of hydrogen-bond acceptors (Lipinski definition) is 12. The van der Waals surface area contributed by atoms with Gasteiger partial charge in [0.25, 0.3) is 0 Å². The Morgan fingerprint density at radius 2 is 0.950 bits per heavy atom. The Labute approximate surface area is 316 Å². The molecule has 20 heteroatoms. The molecule has 0 heterocycles. The van der Waals surface area contributed by atoms with Gasteiger partial charge in [0.15, 0.2) is 0 Å². The minimum atomic E-state index is -5.51. The van der Waals surface area contributed by atoms with Crippen molar-refractivity contribution < 1.29 is 170 Å². The third kappa shape index (κ3) is 6.67. The average molecular weight is 661 g/mol. The first-order chi connectivity index (χ1) is 16.4. The molecule has 0 fully saturated rings. The van der Waals surface area contributed by atoms with E-state index < -0.39 is 81.6 Å². The topological polar surface area (TPSA) is 229 Å². The number of hydrogen-bond donors (Lipinski definition) is 0. The molecular formula is C20H8Na4O12S4. The zero-order chi connectivity index (χ0) is 26.6. The minimum Gasteiger partial charge on any atom is -0.744 e. The van der Waals surface area contributed by atoms with Crippen LogP contribution in [0.25, 0.3) is 43.1 Å². The van der Waals surface area contributed by atoms with E-state index in [-0.39, 0.29) is 140 Å². The van der Waals surface area contributed by atoms with Crippen LogP contribution >= 0.6 is 0 Å². The van der Waals surface area contributed by atoms with Crippen molar-refractivity contribution in [2.75, 3.05) is 0 Å². The molecule has 0 aliphatic carbocycles. The van der Waals surface area contributed by atoms with Crippen LogP contribution in [0, 0.1) is 0 Å². The second kappa shape index (κ2) is 12.8. The standard InChI is InChI=1S/C20H12O12S4.4Na/c21-33(22,23)10-6-9-2-1-3-12-17(9)13(7-10)19-14(34(24,25)26)5-4-11-15(35(27,28)29)8-16(36(30,31)32)18(12)20(11)19;;;;/h1-8H,(H,21,22,23)(H,24,25,26)(H,27,28,29)(H,30,31,32);;;;/q;4*+1/p-4. The Bertz CT molecular complexity index is 2250. The summed E-state index contributed by atoms with van der Waals surface area (Å²) < 4.78 is 145. The molecule has 12 nitrogen and oxygen atoms in total. The van der Waals surface area contributed by atoms with Crippen LogP contribution in [0.1, 0.15) is 0 Å². The molecule has 0 radical (unpaired) electrons. The van der Waals surface area contributed by atoms with Crippen molar-refractivity contribution in [3.63, 3.8) is 0 Å². The van der Waals surface area contributed by atoms with Crippen molar-refractivity contribution in [2.24, 2.45) is 0 Å². The fraction of sp³-hybridized carbons (Fsp3) is 0. The molecule has 0 amide bonds. The molecular weight excluding hydrogens is 652 g/mol. The van der Waals surface area contributed by atoms with Crippen LogP contribution in [0.5, 0.6) is 0 Å². The summed E-state index contributed by atoms with van der Waals surface area (Å²) in [6, 6.07) is 7.42. The van der Waals surface area contributed by atoms with E-state index in [1.807, 2.05) is 0 Å². The van der Waals surface area contributed by atoms with E-state index in [1.165, 1.54) is 18.2 Å². The third-order valence-corrected chi connectivity index (χ3v) is 9.21. The van der Waals surface area contributed by atoms with E-state index in [0.717, 1.165) is 18.2 Å². The fourth-order valence-corrected chi connectivity index (χ4v) is 7.27. The van der Waals surface area contributed by atoms with Gasteiger partial charge in [-0.1, -0.05) is 24.3 Å². The van der Waals surface area contributed by atoms with Gasteiger partial charge >= 0.3 is 118 Å². The van der Waals surface area contributed by atoms with Crippen molar-refractivity contribution in [2.45, 2.75) is 19.6 Å². The molecule has 188 valence electrons. The van der Waals surface area contributed by atoms with Crippen LogP contribution in [0.3, 0.4) is 0 Å². The maximum absolute atomic E-state index is 12.2. The molecule has 5 aromatic carbocycles. The molecule has 0 aliphatic rings. The van der Waals surface area contributed by atoms with Crippen LogP contribution in [-0.2, 0) is 40.5 Å². The van der Waals surface area contributed by atoms with Gasteiger partial charge in [-0.25, -0.2) is 33.7 Å². The van der Waals surface area contributed by atoms with Gasteiger partial charge < -0.3 is 18.2 Å². The first-order valence-corrected chi connectivity index (χ1v) is 15.1. The second-order valence-corrected chi connectivity index (χ2v) is 13.2. The van der Waals surface area contributed by atoms with Gasteiger partial charge in [-0.2, -0.15) is 0 Å². The molecule has 0 bridgehead atoms. The smallest absolute Gasteiger partial charge is 0.744 e. The Morgan fingerprint density at radius 1 is 0.425 bits per heavy atom. The van der Waals surface area contributed by atoms with Gasteiger partial charge in [-0.3, -0.25) is 0 Å². The monoisotopic (exact) mass is 660 g/mol. The van der Waals surface area contributed by atoms with Crippen LogP contribution < -0.4 is 118 Å². The molecule has 0 aromatic heterocycles. The number of rotatable bonds is 4. The second-order valence-electron chi connectivity index (χ2n) is 7.80. The number of fused-ring (bicyclic) bond motifs is 2. The van der Waals surface area contributed by atoms with E-state index in [4.69, 9.17) is 0 Å². The van der Waals surface area contributed by atoms with Crippen molar-refractivity contribution in [1.82, 2.24) is 0 Å². The fourth-order valence-electron chi connectivity index (χ4n) is 4.54. The Kier molecular flexibility index (Phi) is 12.5. The van der Waals surface area contributed by atoms with Gasteiger partial charge in [-0.05, 0) is 45.8 Å². The largest absolute Gasteiger partial charge is 1.00 e. The first kappa shape index (κ1) is 39.1. The SMILES string of the molecule is O=S(=O)([O-])c1cc2cccc3c4c(S(=O)(=O)[O-])cc(S(=O)(=O)[O-])c5ccc(S(=O)(=O)[O-])c(c(c1)c23)c54.[Na+].[Na+].[Na+].[Na+]. The van der Waals surface area contributed by atoms with Crippen molar-refractivity contribution in [3.05, 3.63) is 48.5 Å². The van der Waals surface area contributed by atoms with E-state index >= 15 is 0 Å². The summed E-state index contributed by atoms with van der Waals surface area (Å²) in [6.45, 7) is 0. The van der Waals surface area contributed by atoms with Gasteiger partial charge in [-0.15, -0.1) is 0 Å². The molecule has 0 atom stereocenters. The zero-order valence-electron chi connectivity index (χ0n) is 21.2. The van der Waals surface area contributed by atoms with Crippen LogP contribution in [0.15, 0.2) is 68.1 Å². The molecule has 0 saturated heterocycles. The zero-order valence-corrected chi connectivity index (χ0v) is 32.4. The maximum atomic E-state index is 12.2. The summed E-state index contributed by atoms with van der Waals surface area (Å²) in [6.07, 6.45) is 0. The third-order valence-electron chi connectivity index (χ3n) is 5.78.